The number of carbonyl (C=O) groups excluding carboxylic acids is 3. The van der Waals surface area contributed by atoms with Crippen molar-refractivity contribution in [2.75, 3.05) is 32.3 Å². The minimum Gasteiger partial charge on any atom is -0.507 e. The van der Waals surface area contributed by atoms with Gasteiger partial charge in [0.15, 0.2) is 16.6 Å². The summed E-state index contributed by atoms with van der Waals surface area (Å²) in [6, 6.07) is 10.6. The van der Waals surface area contributed by atoms with Crippen LogP contribution in [0.15, 0.2) is 48.0 Å². The van der Waals surface area contributed by atoms with Gasteiger partial charge in [-0.1, -0.05) is 42.9 Å². The van der Waals surface area contributed by atoms with Crippen molar-refractivity contribution in [3.63, 3.8) is 0 Å². The highest BCUT2D eigenvalue weighted by Crippen LogP contribution is 2.45. The Labute approximate surface area is 242 Å². The van der Waals surface area contributed by atoms with Crippen LogP contribution in [0.25, 0.3) is 5.76 Å². The van der Waals surface area contributed by atoms with Crippen LogP contribution >= 0.6 is 11.3 Å². The SMILES string of the molecule is CCCCOc1ccc(C2C(=C(O)c3cccc(OCC)c3)C(=O)C(=O)N2c2nc(C)c(C(=O)OC)s2)cc1OC. The van der Waals surface area contributed by atoms with Crippen LogP contribution in [0.4, 0.5) is 5.13 Å². The number of rotatable bonds is 11. The lowest BCUT2D eigenvalue weighted by Crippen LogP contribution is -2.29. The van der Waals surface area contributed by atoms with E-state index in [0.29, 0.717) is 47.3 Å². The summed E-state index contributed by atoms with van der Waals surface area (Å²) in [4.78, 5) is 45.3. The molecule has 2 heterocycles. The molecular weight excluding hydrogens is 548 g/mol. The number of ether oxygens (including phenoxy) is 4. The summed E-state index contributed by atoms with van der Waals surface area (Å²) in [7, 11) is 2.75. The number of benzene rings is 2. The monoisotopic (exact) mass is 580 g/mol. The highest BCUT2D eigenvalue weighted by Gasteiger charge is 2.48. The summed E-state index contributed by atoms with van der Waals surface area (Å²) in [5.74, 6) is -1.38. The lowest BCUT2D eigenvalue weighted by atomic mass is 9.95. The van der Waals surface area contributed by atoms with E-state index in [0.717, 1.165) is 24.2 Å². The standard InChI is InChI=1S/C30H32N2O8S/c1-6-8-14-40-21-13-12-18(16-22(21)37-4)24-23(25(33)19-10-9-11-20(15-19)39-7-2)26(34)28(35)32(24)30-31-17(3)27(41-30)29(36)38-5/h9-13,15-16,24,33H,6-8,14H2,1-5H3. The molecule has 0 radical (unpaired) electrons. The van der Waals surface area contributed by atoms with Gasteiger partial charge in [0, 0.05) is 5.56 Å². The number of hydrogen-bond donors (Lipinski definition) is 1. The number of amides is 1. The Kier molecular flexibility index (Phi) is 9.28. The average molecular weight is 581 g/mol. The predicted octanol–water partition coefficient (Wildman–Crippen LogP) is 5.45. The molecule has 3 aromatic rings. The van der Waals surface area contributed by atoms with Crippen molar-refractivity contribution in [2.45, 2.75) is 39.7 Å². The minimum absolute atomic E-state index is 0.111. The molecule has 1 N–H and O–H groups in total. The van der Waals surface area contributed by atoms with Crippen molar-refractivity contribution in [3.05, 3.63) is 69.7 Å². The van der Waals surface area contributed by atoms with E-state index in [2.05, 4.69) is 11.9 Å². The summed E-state index contributed by atoms with van der Waals surface area (Å²) in [5, 5.41) is 11.6. The zero-order chi connectivity index (χ0) is 29.7. The third kappa shape index (κ3) is 5.90. The summed E-state index contributed by atoms with van der Waals surface area (Å²) < 4.78 is 21.9. The van der Waals surface area contributed by atoms with E-state index >= 15 is 0 Å². The maximum Gasteiger partial charge on any atom is 0.350 e. The number of nitrogens with zero attached hydrogens (tertiary/aromatic N) is 2. The maximum absolute atomic E-state index is 13.6. The molecule has 1 saturated heterocycles. The van der Waals surface area contributed by atoms with Crippen LogP contribution in [0.5, 0.6) is 17.2 Å². The number of esters is 1. The van der Waals surface area contributed by atoms with Gasteiger partial charge in [-0.3, -0.25) is 14.5 Å². The Hall–Kier alpha value is -4.38. The molecule has 216 valence electrons. The summed E-state index contributed by atoms with van der Waals surface area (Å²) in [5.41, 5.74) is 0.979. The number of methoxy groups -OCH3 is 2. The molecule has 1 amide bonds. The van der Waals surface area contributed by atoms with E-state index < -0.39 is 23.7 Å². The Balaban J connectivity index is 1.91. The zero-order valence-electron chi connectivity index (χ0n) is 23.6. The Morgan fingerprint density at radius 3 is 2.54 bits per heavy atom. The van der Waals surface area contributed by atoms with Crippen LogP contribution in [0.2, 0.25) is 0 Å². The summed E-state index contributed by atoms with van der Waals surface area (Å²) >= 11 is 0.926. The molecule has 0 aliphatic carbocycles. The van der Waals surface area contributed by atoms with E-state index in [1.807, 2.05) is 6.92 Å². The minimum atomic E-state index is -1.08. The van der Waals surface area contributed by atoms with E-state index in [-0.39, 0.29) is 21.3 Å². The Morgan fingerprint density at radius 1 is 1.07 bits per heavy atom. The van der Waals surface area contributed by atoms with Gasteiger partial charge >= 0.3 is 11.9 Å². The number of ketones is 1. The first-order chi connectivity index (χ1) is 19.7. The molecule has 1 unspecified atom stereocenters. The van der Waals surface area contributed by atoms with Crippen LogP contribution in [0.3, 0.4) is 0 Å². The van der Waals surface area contributed by atoms with Crippen molar-refractivity contribution < 1.29 is 38.4 Å². The van der Waals surface area contributed by atoms with Gasteiger partial charge in [-0.05, 0) is 50.1 Å². The van der Waals surface area contributed by atoms with Gasteiger partial charge in [-0.25, -0.2) is 9.78 Å². The molecule has 1 fully saturated rings. The molecule has 11 heteroatoms. The van der Waals surface area contributed by atoms with Crippen molar-refractivity contribution in [3.8, 4) is 17.2 Å². The van der Waals surface area contributed by atoms with Gasteiger partial charge in [0.05, 0.1) is 44.7 Å². The number of aliphatic hydroxyl groups is 1. The highest BCUT2D eigenvalue weighted by molar-refractivity contribution is 7.17. The smallest absolute Gasteiger partial charge is 0.350 e. The molecule has 0 spiro atoms. The van der Waals surface area contributed by atoms with Crippen molar-refractivity contribution in [1.82, 2.24) is 4.98 Å². The Morgan fingerprint density at radius 2 is 1.85 bits per heavy atom. The molecule has 2 aromatic carbocycles. The summed E-state index contributed by atoms with van der Waals surface area (Å²) in [6.07, 6.45) is 1.82. The molecule has 0 bridgehead atoms. The number of Topliss-reactive ketones (excluding diaryl/α,β-unsaturated/α-hetero) is 1. The second-order valence-electron chi connectivity index (χ2n) is 9.14. The second kappa shape index (κ2) is 12.9. The normalized spacial score (nSPS) is 16.1. The zero-order valence-corrected chi connectivity index (χ0v) is 24.4. The fraction of sp³-hybridized carbons (Fsp3) is 0.333. The maximum atomic E-state index is 13.6. The molecule has 4 rings (SSSR count). The van der Waals surface area contributed by atoms with Gasteiger partial charge in [0.25, 0.3) is 5.78 Å². The number of hydrogen-bond acceptors (Lipinski definition) is 10. The summed E-state index contributed by atoms with van der Waals surface area (Å²) in [6.45, 7) is 6.41. The quantitative estimate of drug-likeness (QED) is 0.104. The van der Waals surface area contributed by atoms with E-state index in [9.17, 15) is 19.5 Å². The topological polar surface area (TPSA) is 124 Å². The predicted molar refractivity (Wildman–Crippen MR) is 154 cm³/mol. The van der Waals surface area contributed by atoms with E-state index in [4.69, 9.17) is 18.9 Å². The lowest BCUT2D eigenvalue weighted by molar-refractivity contribution is -0.132. The highest BCUT2D eigenvalue weighted by atomic mass is 32.1. The molecule has 10 nitrogen and oxygen atoms in total. The Bertz CT molecular complexity index is 1500. The number of aryl methyl sites for hydroxylation is 1. The molecule has 1 aromatic heterocycles. The van der Waals surface area contributed by atoms with Gasteiger partial charge in [0.1, 0.15) is 16.4 Å². The largest absolute Gasteiger partial charge is 0.507 e. The van der Waals surface area contributed by atoms with Gasteiger partial charge in [-0.2, -0.15) is 0 Å². The number of carbonyl (C=O) groups is 3. The van der Waals surface area contributed by atoms with E-state index in [1.54, 1.807) is 49.4 Å². The third-order valence-corrected chi connectivity index (χ3v) is 7.62. The first kappa shape index (κ1) is 29.6. The third-order valence-electron chi connectivity index (χ3n) is 6.48. The number of unbranched alkanes of at least 4 members (excludes halogenated alkanes) is 1. The fourth-order valence-corrected chi connectivity index (χ4v) is 5.48. The molecule has 1 atom stereocenters. The number of thiazole rings is 1. The molecule has 1 aliphatic heterocycles. The molecule has 0 saturated carbocycles. The fourth-order valence-electron chi connectivity index (χ4n) is 4.47. The lowest BCUT2D eigenvalue weighted by Gasteiger charge is -2.24. The van der Waals surface area contributed by atoms with Crippen molar-refractivity contribution in [1.29, 1.82) is 0 Å². The van der Waals surface area contributed by atoms with Gasteiger partial charge in [0.2, 0.25) is 0 Å². The van der Waals surface area contributed by atoms with Crippen LogP contribution < -0.4 is 19.1 Å². The van der Waals surface area contributed by atoms with Crippen LogP contribution in [-0.2, 0) is 14.3 Å². The molecule has 41 heavy (non-hydrogen) atoms. The van der Waals surface area contributed by atoms with Crippen LogP contribution in [-0.4, -0.2) is 55.2 Å². The van der Waals surface area contributed by atoms with Crippen molar-refractivity contribution >= 4 is 39.9 Å². The number of aromatic nitrogens is 1. The van der Waals surface area contributed by atoms with Gasteiger partial charge in [-0.15, -0.1) is 0 Å². The molecular formula is C30H32N2O8S. The first-order valence-electron chi connectivity index (χ1n) is 13.2. The van der Waals surface area contributed by atoms with Crippen LogP contribution in [0, 0.1) is 6.92 Å². The van der Waals surface area contributed by atoms with Crippen LogP contribution in [0.1, 0.15) is 59.2 Å². The van der Waals surface area contributed by atoms with E-state index in [1.165, 1.54) is 19.1 Å². The number of anilines is 1. The van der Waals surface area contributed by atoms with Crippen molar-refractivity contribution in [2.24, 2.45) is 0 Å². The second-order valence-corrected chi connectivity index (χ2v) is 10.1. The first-order valence-corrected chi connectivity index (χ1v) is 14.0. The number of aliphatic hydroxyl groups excluding tert-OH is 1. The average Bonchev–Trinajstić information content (AvgIpc) is 3.49. The van der Waals surface area contributed by atoms with Gasteiger partial charge < -0.3 is 24.1 Å². The molecule has 1 aliphatic rings.